The second kappa shape index (κ2) is 5.88. The number of ether oxygens (including phenoxy) is 2. The molecule has 0 aliphatic heterocycles. The summed E-state index contributed by atoms with van der Waals surface area (Å²) >= 11 is 0. The molecule has 0 atom stereocenters. The monoisotopic (exact) mass is 216 g/mol. The van der Waals surface area contributed by atoms with Crippen molar-refractivity contribution < 1.29 is 13.9 Å². The summed E-state index contributed by atoms with van der Waals surface area (Å²) in [6.07, 6.45) is 1.77. The lowest BCUT2D eigenvalue weighted by Crippen LogP contribution is -2.25. The van der Waals surface area contributed by atoms with Gasteiger partial charge >= 0.3 is 0 Å². The van der Waals surface area contributed by atoms with Crippen LogP contribution in [0, 0.1) is 0 Å². The van der Waals surface area contributed by atoms with Gasteiger partial charge in [0.2, 0.25) is 8.32 Å². The molecule has 0 saturated carbocycles. The predicted octanol–water partition coefficient (Wildman–Crippen LogP) is 2.53. The van der Waals surface area contributed by atoms with E-state index < -0.39 is 8.32 Å². The standard InChI is InChI=1S/C10H20O3Si/c1-9(8-11-2)7-10(12-3)13-14(4,5)6/h7H,1,8H2,2-6H3/b10-7+. The zero-order valence-corrected chi connectivity index (χ0v) is 10.7. The molecule has 3 nitrogen and oxygen atoms in total. The van der Waals surface area contributed by atoms with E-state index in [0.717, 1.165) is 5.57 Å². The Morgan fingerprint density at radius 2 is 1.86 bits per heavy atom. The van der Waals surface area contributed by atoms with Gasteiger partial charge in [0.25, 0.3) is 5.95 Å². The molecule has 0 aliphatic rings. The van der Waals surface area contributed by atoms with Crippen LogP contribution >= 0.6 is 0 Å². The van der Waals surface area contributed by atoms with E-state index in [0.29, 0.717) is 12.6 Å². The second-order valence-corrected chi connectivity index (χ2v) is 8.40. The summed E-state index contributed by atoms with van der Waals surface area (Å²) in [5, 5.41) is 0. The van der Waals surface area contributed by atoms with Gasteiger partial charge in [-0.3, -0.25) is 0 Å². The molecule has 82 valence electrons. The van der Waals surface area contributed by atoms with E-state index in [9.17, 15) is 0 Å². The van der Waals surface area contributed by atoms with Gasteiger partial charge in [-0.15, -0.1) is 0 Å². The molecule has 0 spiro atoms. The van der Waals surface area contributed by atoms with Crippen LogP contribution in [0.25, 0.3) is 0 Å². The Labute approximate surface area is 87.5 Å². The molecule has 4 heteroatoms. The molecule has 0 unspecified atom stereocenters. The third-order valence-corrected chi connectivity index (χ3v) is 2.07. The first-order valence-electron chi connectivity index (χ1n) is 4.50. The lowest BCUT2D eigenvalue weighted by atomic mass is 10.3. The van der Waals surface area contributed by atoms with Crippen molar-refractivity contribution in [2.45, 2.75) is 19.6 Å². The Bertz CT molecular complexity index is 216. The summed E-state index contributed by atoms with van der Waals surface area (Å²) in [6.45, 7) is 10.6. The molecule has 0 amide bonds. The van der Waals surface area contributed by atoms with E-state index in [2.05, 4.69) is 26.2 Å². The van der Waals surface area contributed by atoms with Crippen molar-refractivity contribution in [2.75, 3.05) is 20.8 Å². The maximum Gasteiger partial charge on any atom is 0.265 e. The molecule has 0 aromatic heterocycles. The zero-order chi connectivity index (χ0) is 11.2. The number of methoxy groups -OCH3 is 2. The Kier molecular flexibility index (Phi) is 5.56. The minimum absolute atomic E-state index is 0.488. The van der Waals surface area contributed by atoms with Crippen molar-refractivity contribution in [3.63, 3.8) is 0 Å². The van der Waals surface area contributed by atoms with Crippen LogP contribution in [-0.4, -0.2) is 29.1 Å². The molecule has 0 bridgehead atoms. The molecule has 0 rings (SSSR count). The lowest BCUT2D eigenvalue weighted by Gasteiger charge is -2.20. The molecule has 0 fully saturated rings. The molecule has 0 heterocycles. The van der Waals surface area contributed by atoms with Crippen LogP contribution in [0.3, 0.4) is 0 Å². The Hall–Kier alpha value is -0.743. The summed E-state index contributed by atoms with van der Waals surface area (Å²) in [5.41, 5.74) is 0.836. The van der Waals surface area contributed by atoms with E-state index in [-0.39, 0.29) is 0 Å². The van der Waals surface area contributed by atoms with Crippen molar-refractivity contribution >= 4 is 8.32 Å². The van der Waals surface area contributed by atoms with Gasteiger partial charge in [-0.25, -0.2) is 0 Å². The topological polar surface area (TPSA) is 27.7 Å². The summed E-state index contributed by atoms with van der Waals surface area (Å²) in [5.74, 6) is 0.520. The first kappa shape index (κ1) is 13.3. The predicted molar refractivity (Wildman–Crippen MR) is 60.5 cm³/mol. The van der Waals surface area contributed by atoms with E-state index in [1.54, 1.807) is 20.3 Å². The molecule has 0 aliphatic carbocycles. The SMILES string of the molecule is C=C(/C=C(\OC)O[Si](C)(C)C)COC. The quantitative estimate of drug-likeness (QED) is 0.388. The third kappa shape index (κ3) is 6.74. The van der Waals surface area contributed by atoms with Crippen LogP contribution in [0.2, 0.25) is 19.6 Å². The number of hydrogen-bond acceptors (Lipinski definition) is 3. The van der Waals surface area contributed by atoms with Crippen LogP contribution in [-0.2, 0) is 13.9 Å². The molecular weight excluding hydrogens is 196 g/mol. The molecule has 0 aromatic carbocycles. The van der Waals surface area contributed by atoms with Gasteiger partial charge in [-0.1, -0.05) is 6.58 Å². The molecule has 14 heavy (non-hydrogen) atoms. The minimum atomic E-state index is -1.61. The van der Waals surface area contributed by atoms with Crippen molar-refractivity contribution in [1.29, 1.82) is 0 Å². The normalized spacial score (nSPS) is 12.5. The third-order valence-electron chi connectivity index (χ3n) is 1.26. The minimum Gasteiger partial charge on any atom is -0.520 e. The van der Waals surface area contributed by atoms with Gasteiger partial charge in [-0.05, 0) is 25.2 Å². The van der Waals surface area contributed by atoms with Gasteiger partial charge in [0.15, 0.2) is 0 Å². The van der Waals surface area contributed by atoms with E-state index in [1.165, 1.54) is 0 Å². The van der Waals surface area contributed by atoms with Crippen LogP contribution in [0.4, 0.5) is 0 Å². The Balaban J connectivity index is 4.32. The molecule has 0 saturated heterocycles. The number of rotatable bonds is 6. The van der Waals surface area contributed by atoms with Crippen molar-refractivity contribution in [3.8, 4) is 0 Å². The second-order valence-electron chi connectivity index (χ2n) is 3.97. The molecule has 0 radical (unpaired) electrons. The highest BCUT2D eigenvalue weighted by Crippen LogP contribution is 2.12. The Morgan fingerprint density at radius 3 is 2.21 bits per heavy atom. The van der Waals surface area contributed by atoms with Gasteiger partial charge in [0, 0.05) is 13.2 Å². The highest BCUT2D eigenvalue weighted by atomic mass is 28.4. The van der Waals surface area contributed by atoms with Crippen molar-refractivity contribution in [1.82, 2.24) is 0 Å². The highest BCUT2D eigenvalue weighted by Gasteiger charge is 2.18. The number of hydrogen-bond donors (Lipinski definition) is 0. The average Bonchev–Trinajstić information content (AvgIpc) is 2.01. The lowest BCUT2D eigenvalue weighted by molar-refractivity contribution is 0.145. The largest absolute Gasteiger partial charge is 0.520 e. The smallest absolute Gasteiger partial charge is 0.265 e. The fourth-order valence-corrected chi connectivity index (χ4v) is 1.57. The first-order valence-corrected chi connectivity index (χ1v) is 7.91. The van der Waals surface area contributed by atoms with E-state index in [4.69, 9.17) is 13.9 Å². The molecule has 0 aromatic rings. The summed E-state index contributed by atoms with van der Waals surface area (Å²) in [7, 11) is 1.61. The highest BCUT2D eigenvalue weighted by molar-refractivity contribution is 6.69. The van der Waals surface area contributed by atoms with Crippen molar-refractivity contribution in [3.05, 3.63) is 24.2 Å². The summed E-state index contributed by atoms with van der Waals surface area (Å²) in [6, 6.07) is 0. The first-order chi connectivity index (χ1) is 6.39. The van der Waals surface area contributed by atoms with E-state index >= 15 is 0 Å². The summed E-state index contributed by atoms with van der Waals surface area (Å²) in [4.78, 5) is 0. The van der Waals surface area contributed by atoms with Gasteiger partial charge in [0.1, 0.15) is 0 Å². The van der Waals surface area contributed by atoms with Gasteiger partial charge < -0.3 is 13.9 Å². The van der Waals surface area contributed by atoms with Gasteiger partial charge in [-0.2, -0.15) is 0 Å². The average molecular weight is 216 g/mol. The maximum absolute atomic E-state index is 5.67. The fraction of sp³-hybridized carbons (Fsp3) is 0.600. The van der Waals surface area contributed by atoms with Crippen LogP contribution in [0.1, 0.15) is 0 Å². The van der Waals surface area contributed by atoms with Crippen LogP contribution < -0.4 is 0 Å². The van der Waals surface area contributed by atoms with E-state index in [1.807, 2.05) is 0 Å². The van der Waals surface area contributed by atoms with Crippen LogP contribution in [0.5, 0.6) is 0 Å². The van der Waals surface area contributed by atoms with Crippen molar-refractivity contribution in [2.24, 2.45) is 0 Å². The van der Waals surface area contributed by atoms with Gasteiger partial charge in [0.05, 0.1) is 13.7 Å². The maximum atomic E-state index is 5.67. The van der Waals surface area contributed by atoms with Crippen LogP contribution in [0.15, 0.2) is 24.2 Å². The fourth-order valence-electron chi connectivity index (χ4n) is 0.826. The Morgan fingerprint density at radius 1 is 1.29 bits per heavy atom. The molecule has 0 N–H and O–H groups in total. The molecular formula is C10H20O3Si. The summed E-state index contributed by atoms with van der Waals surface area (Å²) < 4.78 is 15.7. The zero-order valence-electron chi connectivity index (χ0n) is 9.72.